The highest BCUT2D eigenvalue weighted by Crippen LogP contribution is 1.81. The van der Waals surface area contributed by atoms with Gasteiger partial charge in [-0.2, -0.15) is 5.10 Å². The van der Waals surface area contributed by atoms with E-state index in [0.29, 0.717) is 5.33 Å². The first-order valence-corrected chi connectivity index (χ1v) is 3.43. The lowest BCUT2D eigenvalue weighted by molar-refractivity contribution is 0.249. The van der Waals surface area contributed by atoms with Crippen LogP contribution in [0.25, 0.3) is 0 Å². The first-order valence-electron chi connectivity index (χ1n) is 2.31. The number of hydrogen-bond donors (Lipinski definition) is 2. The Morgan fingerprint density at radius 3 is 2.78 bits per heavy atom. The minimum Gasteiger partial charge on any atom is -0.350 e. The first-order chi connectivity index (χ1) is 4.16. The van der Waals surface area contributed by atoms with Gasteiger partial charge in [0, 0.05) is 11.0 Å². The maximum atomic E-state index is 10.0. The maximum Gasteiger partial charge on any atom is 0.332 e. The van der Waals surface area contributed by atoms with Gasteiger partial charge in [-0.25, -0.2) is 10.2 Å². The van der Waals surface area contributed by atoms with E-state index in [1.165, 1.54) is 0 Å². The van der Waals surface area contributed by atoms with Gasteiger partial charge in [0.2, 0.25) is 0 Å². The molecule has 2 amide bonds. The Kier molecular flexibility index (Phi) is 4.04. The number of carbonyl (C=O) groups is 1. The van der Waals surface area contributed by atoms with Crippen LogP contribution < -0.4 is 11.2 Å². The van der Waals surface area contributed by atoms with Gasteiger partial charge >= 0.3 is 6.03 Å². The van der Waals surface area contributed by atoms with Crippen LogP contribution in [-0.2, 0) is 0 Å². The van der Waals surface area contributed by atoms with Gasteiger partial charge in [0.05, 0.1) is 0 Å². The predicted octanol–water partition coefficient (Wildman–Crippen LogP) is 0.426. The molecule has 0 aromatic heterocycles. The van der Waals surface area contributed by atoms with Crippen LogP contribution in [0.2, 0.25) is 0 Å². The molecule has 0 saturated carbocycles. The molecule has 0 unspecified atom stereocenters. The number of hydrazone groups is 1. The van der Waals surface area contributed by atoms with Crippen molar-refractivity contribution in [2.24, 2.45) is 10.8 Å². The average molecular weight is 194 g/mol. The Bertz CT molecular complexity index is 134. The minimum absolute atomic E-state index is 0.632. The Morgan fingerprint density at radius 2 is 2.44 bits per heavy atom. The highest BCUT2D eigenvalue weighted by Gasteiger charge is 1.87. The smallest absolute Gasteiger partial charge is 0.332 e. The summed E-state index contributed by atoms with van der Waals surface area (Å²) in [6.45, 7) is 1.77. The lowest BCUT2D eigenvalue weighted by atomic mass is 10.5. The molecule has 0 aliphatic heterocycles. The molecule has 3 N–H and O–H groups in total. The van der Waals surface area contributed by atoms with Crippen molar-refractivity contribution in [1.29, 1.82) is 0 Å². The fourth-order valence-electron chi connectivity index (χ4n) is 0.180. The minimum atomic E-state index is -0.643. The molecule has 0 saturated heterocycles. The van der Waals surface area contributed by atoms with Gasteiger partial charge in [0.1, 0.15) is 0 Å². The van der Waals surface area contributed by atoms with E-state index in [9.17, 15) is 4.79 Å². The molecule has 5 heteroatoms. The zero-order valence-electron chi connectivity index (χ0n) is 5.02. The van der Waals surface area contributed by atoms with Gasteiger partial charge < -0.3 is 5.73 Å². The van der Waals surface area contributed by atoms with Crippen LogP contribution in [-0.4, -0.2) is 17.1 Å². The van der Waals surface area contributed by atoms with Crippen molar-refractivity contribution >= 4 is 27.7 Å². The van der Waals surface area contributed by atoms with Crippen molar-refractivity contribution in [1.82, 2.24) is 5.43 Å². The molecule has 4 nitrogen and oxygen atoms in total. The molecule has 0 bridgehead atoms. The Morgan fingerprint density at radius 1 is 1.89 bits per heavy atom. The number of rotatable bonds is 2. The van der Waals surface area contributed by atoms with Gasteiger partial charge in [-0.3, -0.25) is 0 Å². The highest BCUT2D eigenvalue weighted by atomic mass is 79.9. The van der Waals surface area contributed by atoms with Gasteiger partial charge in [-0.15, -0.1) is 0 Å². The Balaban J connectivity index is 3.56. The van der Waals surface area contributed by atoms with Crippen LogP contribution >= 0.6 is 15.9 Å². The van der Waals surface area contributed by atoms with E-state index in [4.69, 9.17) is 5.73 Å². The molecule has 0 spiro atoms. The number of nitrogens with one attached hydrogen (secondary N) is 1. The topological polar surface area (TPSA) is 67.5 Å². The molecular formula is C4H8BrN3O. The van der Waals surface area contributed by atoms with E-state index >= 15 is 0 Å². The average Bonchev–Trinajstić information content (AvgIpc) is 1.83. The van der Waals surface area contributed by atoms with Crippen LogP contribution in [0, 0.1) is 0 Å². The fourth-order valence-corrected chi connectivity index (χ4v) is 0.306. The normalized spacial score (nSPS) is 11.1. The lowest BCUT2D eigenvalue weighted by Gasteiger charge is -1.92. The van der Waals surface area contributed by atoms with E-state index in [1.807, 2.05) is 0 Å². The lowest BCUT2D eigenvalue weighted by Crippen LogP contribution is -2.25. The second kappa shape index (κ2) is 4.31. The molecule has 9 heavy (non-hydrogen) atoms. The molecule has 0 aliphatic rings. The Hall–Kier alpha value is -0.580. The number of amides is 2. The number of nitrogens with zero attached hydrogens (tertiary/aromatic N) is 1. The number of alkyl halides is 1. The fraction of sp³-hybridized carbons (Fsp3) is 0.500. The van der Waals surface area contributed by atoms with Gasteiger partial charge in [-0.05, 0) is 6.92 Å². The number of halogens is 1. The number of nitrogens with two attached hydrogens (primary N) is 1. The second-order valence-corrected chi connectivity index (χ2v) is 2.02. The molecule has 0 aliphatic carbocycles. The molecule has 52 valence electrons. The summed E-state index contributed by atoms with van der Waals surface area (Å²) in [5.74, 6) is 0. The van der Waals surface area contributed by atoms with E-state index < -0.39 is 6.03 Å². The summed E-state index contributed by atoms with van der Waals surface area (Å²) in [5, 5.41) is 4.22. The van der Waals surface area contributed by atoms with Crippen molar-refractivity contribution in [3.63, 3.8) is 0 Å². The molecule has 0 fully saturated rings. The summed E-state index contributed by atoms with van der Waals surface area (Å²) in [5.41, 5.74) is 7.59. The van der Waals surface area contributed by atoms with Crippen LogP contribution in [0.1, 0.15) is 6.92 Å². The SMILES string of the molecule is C/C(CBr)=N\NC(N)=O. The van der Waals surface area contributed by atoms with Crippen LogP contribution in [0.15, 0.2) is 5.10 Å². The summed E-state index contributed by atoms with van der Waals surface area (Å²) in [6.07, 6.45) is 0. The quantitative estimate of drug-likeness (QED) is 0.373. The van der Waals surface area contributed by atoms with Crippen molar-refractivity contribution in [2.45, 2.75) is 6.92 Å². The summed E-state index contributed by atoms with van der Waals surface area (Å²) in [7, 11) is 0. The number of urea groups is 1. The number of primary amides is 1. The molecular weight excluding hydrogens is 186 g/mol. The van der Waals surface area contributed by atoms with Crippen LogP contribution in [0.3, 0.4) is 0 Å². The number of carbonyl (C=O) groups excluding carboxylic acids is 1. The van der Waals surface area contributed by atoms with Crippen molar-refractivity contribution < 1.29 is 4.79 Å². The van der Waals surface area contributed by atoms with Gasteiger partial charge in [-0.1, -0.05) is 15.9 Å². The van der Waals surface area contributed by atoms with E-state index in [2.05, 4.69) is 26.5 Å². The van der Waals surface area contributed by atoms with E-state index in [0.717, 1.165) is 5.71 Å². The van der Waals surface area contributed by atoms with Gasteiger partial charge in [0.15, 0.2) is 0 Å². The van der Waals surface area contributed by atoms with Crippen LogP contribution in [0.4, 0.5) is 4.79 Å². The number of hydrogen-bond acceptors (Lipinski definition) is 2. The standard InChI is InChI=1S/C4H8BrN3O/c1-3(2-5)7-8-4(6)9/h2H2,1H3,(H3,6,8,9)/b7-3+. The van der Waals surface area contributed by atoms with Crippen molar-refractivity contribution in [3.8, 4) is 0 Å². The largest absolute Gasteiger partial charge is 0.350 e. The van der Waals surface area contributed by atoms with E-state index in [1.54, 1.807) is 6.92 Å². The molecule has 0 aromatic rings. The van der Waals surface area contributed by atoms with Crippen LogP contribution in [0.5, 0.6) is 0 Å². The van der Waals surface area contributed by atoms with Crippen molar-refractivity contribution in [3.05, 3.63) is 0 Å². The molecule has 0 radical (unpaired) electrons. The van der Waals surface area contributed by atoms with Gasteiger partial charge in [0.25, 0.3) is 0 Å². The third-order valence-electron chi connectivity index (χ3n) is 0.550. The molecule has 0 aromatic carbocycles. The Labute approximate surface area is 61.6 Å². The summed E-state index contributed by atoms with van der Waals surface area (Å²) in [4.78, 5) is 10.0. The second-order valence-electron chi connectivity index (χ2n) is 1.46. The third kappa shape index (κ3) is 5.29. The zero-order chi connectivity index (χ0) is 7.28. The molecule has 0 heterocycles. The predicted molar refractivity (Wildman–Crippen MR) is 39.6 cm³/mol. The summed E-state index contributed by atoms with van der Waals surface area (Å²) >= 11 is 3.14. The van der Waals surface area contributed by atoms with E-state index in [-0.39, 0.29) is 0 Å². The maximum absolute atomic E-state index is 10.0. The molecule has 0 rings (SSSR count). The third-order valence-corrected chi connectivity index (χ3v) is 1.36. The summed E-state index contributed by atoms with van der Waals surface area (Å²) < 4.78 is 0. The summed E-state index contributed by atoms with van der Waals surface area (Å²) in [6, 6.07) is -0.643. The monoisotopic (exact) mass is 193 g/mol. The molecule has 0 atom stereocenters. The van der Waals surface area contributed by atoms with Crippen molar-refractivity contribution in [2.75, 3.05) is 5.33 Å². The zero-order valence-corrected chi connectivity index (χ0v) is 6.60. The first kappa shape index (κ1) is 8.42. The highest BCUT2D eigenvalue weighted by molar-refractivity contribution is 9.09.